The molecular weight excluding hydrogens is 191 g/mol. The molecule has 0 saturated heterocycles. The Balaban J connectivity index is 2.28. The van der Waals surface area contributed by atoms with Crippen LogP contribution in [0.1, 0.15) is 25.3 Å². The molecule has 0 saturated carbocycles. The summed E-state index contributed by atoms with van der Waals surface area (Å²) in [5, 5.41) is 9.35. The van der Waals surface area contributed by atoms with Gasteiger partial charge in [0.1, 0.15) is 11.9 Å². The lowest BCUT2D eigenvalue weighted by Gasteiger charge is -2.07. The molecule has 0 amide bonds. The summed E-state index contributed by atoms with van der Waals surface area (Å²) >= 11 is 0. The van der Waals surface area contributed by atoms with E-state index in [1.165, 1.54) is 11.6 Å². The molecule has 1 nitrogen and oxygen atoms in total. The second-order valence-corrected chi connectivity index (χ2v) is 3.57. The summed E-state index contributed by atoms with van der Waals surface area (Å²) in [6, 6.07) is 10.0. The molecule has 1 atom stereocenters. The van der Waals surface area contributed by atoms with Crippen molar-refractivity contribution in [3.63, 3.8) is 0 Å². The number of aryl methyl sites for hydroxylation is 1. The molecule has 0 unspecified atom stereocenters. The van der Waals surface area contributed by atoms with Gasteiger partial charge in [-0.2, -0.15) is 0 Å². The standard InChI is InChI=1S/C13H17FO/c1-2-12(14)13(15)10-6-9-11-7-4-3-5-8-11/h2-5,7-8,13,15H,6,9-10H2,1H3/b12-2-/t13-/m0/s1. The highest BCUT2D eigenvalue weighted by molar-refractivity contribution is 5.14. The fraction of sp³-hybridized carbons (Fsp3) is 0.385. The lowest BCUT2D eigenvalue weighted by atomic mass is 10.1. The maximum Gasteiger partial charge on any atom is 0.124 e. The minimum absolute atomic E-state index is 0.428. The average Bonchev–Trinajstić information content (AvgIpc) is 2.29. The third-order valence-electron chi connectivity index (χ3n) is 2.38. The lowest BCUT2D eigenvalue weighted by molar-refractivity contribution is 0.170. The number of benzene rings is 1. The van der Waals surface area contributed by atoms with E-state index in [0.29, 0.717) is 6.42 Å². The van der Waals surface area contributed by atoms with Gasteiger partial charge < -0.3 is 5.11 Å². The zero-order valence-electron chi connectivity index (χ0n) is 8.99. The van der Waals surface area contributed by atoms with E-state index < -0.39 is 11.9 Å². The van der Waals surface area contributed by atoms with E-state index in [0.717, 1.165) is 12.8 Å². The molecule has 82 valence electrons. The van der Waals surface area contributed by atoms with Gasteiger partial charge in [-0.1, -0.05) is 36.4 Å². The van der Waals surface area contributed by atoms with Crippen molar-refractivity contribution in [2.75, 3.05) is 0 Å². The molecule has 0 aromatic heterocycles. The molecule has 0 aliphatic carbocycles. The Labute approximate surface area is 90.3 Å². The van der Waals surface area contributed by atoms with Crippen LogP contribution in [0, 0.1) is 0 Å². The molecule has 0 fully saturated rings. The highest BCUT2D eigenvalue weighted by atomic mass is 19.1. The van der Waals surface area contributed by atoms with E-state index in [1.807, 2.05) is 30.3 Å². The minimum atomic E-state index is -0.932. The Morgan fingerprint density at radius 2 is 2.07 bits per heavy atom. The highest BCUT2D eigenvalue weighted by Crippen LogP contribution is 2.12. The predicted molar refractivity (Wildman–Crippen MR) is 60.3 cm³/mol. The van der Waals surface area contributed by atoms with Crippen LogP contribution in [0.3, 0.4) is 0 Å². The number of aliphatic hydroxyl groups excluding tert-OH is 1. The van der Waals surface area contributed by atoms with Crippen LogP contribution in [-0.4, -0.2) is 11.2 Å². The molecule has 0 aliphatic heterocycles. The third kappa shape index (κ3) is 4.26. The van der Waals surface area contributed by atoms with Gasteiger partial charge in [0.15, 0.2) is 0 Å². The van der Waals surface area contributed by atoms with Crippen LogP contribution in [0.4, 0.5) is 4.39 Å². The van der Waals surface area contributed by atoms with Gasteiger partial charge in [0, 0.05) is 0 Å². The summed E-state index contributed by atoms with van der Waals surface area (Å²) in [7, 11) is 0. The number of rotatable bonds is 5. The van der Waals surface area contributed by atoms with Gasteiger partial charge in [-0.3, -0.25) is 0 Å². The molecule has 15 heavy (non-hydrogen) atoms. The van der Waals surface area contributed by atoms with Crippen molar-refractivity contribution < 1.29 is 9.50 Å². The summed E-state index contributed by atoms with van der Waals surface area (Å²) in [5.41, 5.74) is 1.23. The third-order valence-corrected chi connectivity index (χ3v) is 2.38. The molecule has 0 spiro atoms. The van der Waals surface area contributed by atoms with Gasteiger partial charge in [0.05, 0.1) is 0 Å². The molecule has 1 aromatic rings. The van der Waals surface area contributed by atoms with Crippen LogP contribution in [0.25, 0.3) is 0 Å². The fourth-order valence-corrected chi connectivity index (χ4v) is 1.47. The summed E-state index contributed by atoms with van der Waals surface area (Å²) in [5.74, 6) is -0.428. The van der Waals surface area contributed by atoms with Crippen molar-refractivity contribution in [1.82, 2.24) is 0 Å². The molecule has 1 aromatic carbocycles. The van der Waals surface area contributed by atoms with Crippen LogP contribution in [0.15, 0.2) is 42.2 Å². The van der Waals surface area contributed by atoms with E-state index >= 15 is 0 Å². The largest absolute Gasteiger partial charge is 0.386 e. The zero-order valence-corrected chi connectivity index (χ0v) is 8.99. The molecule has 0 aliphatic rings. The number of hydrogen-bond donors (Lipinski definition) is 1. The summed E-state index contributed by atoms with van der Waals surface area (Å²) in [6.07, 6.45) is 2.54. The van der Waals surface area contributed by atoms with Crippen molar-refractivity contribution in [3.05, 3.63) is 47.8 Å². The van der Waals surface area contributed by atoms with E-state index in [4.69, 9.17) is 0 Å². The first-order valence-corrected chi connectivity index (χ1v) is 5.27. The molecule has 0 heterocycles. The van der Waals surface area contributed by atoms with Crippen molar-refractivity contribution in [1.29, 1.82) is 0 Å². The van der Waals surface area contributed by atoms with Crippen LogP contribution in [0.2, 0.25) is 0 Å². The van der Waals surface area contributed by atoms with Crippen LogP contribution in [-0.2, 0) is 6.42 Å². The summed E-state index contributed by atoms with van der Waals surface area (Å²) in [6.45, 7) is 1.59. The maximum atomic E-state index is 12.9. The topological polar surface area (TPSA) is 20.2 Å². The zero-order chi connectivity index (χ0) is 11.1. The van der Waals surface area contributed by atoms with Crippen LogP contribution >= 0.6 is 0 Å². The number of halogens is 1. The second-order valence-electron chi connectivity index (χ2n) is 3.57. The molecule has 1 N–H and O–H groups in total. The smallest absolute Gasteiger partial charge is 0.124 e. The number of allylic oxidation sites excluding steroid dienone is 1. The van der Waals surface area contributed by atoms with Crippen molar-refractivity contribution in [2.24, 2.45) is 0 Å². The van der Waals surface area contributed by atoms with Gasteiger partial charge >= 0.3 is 0 Å². The van der Waals surface area contributed by atoms with Gasteiger partial charge in [-0.25, -0.2) is 4.39 Å². The Hall–Kier alpha value is -1.15. The number of aliphatic hydroxyl groups is 1. The van der Waals surface area contributed by atoms with E-state index in [-0.39, 0.29) is 0 Å². The number of hydrogen-bond acceptors (Lipinski definition) is 1. The normalized spacial score (nSPS) is 13.9. The van der Waals surface area contributed by atoms with Gasteiger partial charge in [-0.05, 0) is 31.7 Å². The SMILES string of the molecule is C/C=C(\F)[C@@H](O)CCCc1ccccc1. The fourth-order valence-electron chi connectivity index (χ4n) is 1.47. The monoisotopic (exact) mass is 208 g/mol. The Bertz CT molecular complexity index is 306. The Kier molecular flexibility index (Phi) is 5.05. The molecule has 0 radical (unpaired) electrons. The van der Waals surface area contributed by atoms with Gasteiger partial charge in [0.2, 0.25) is 0 Å². The van der Waals surface area contributed by atoms with E-state index in [1.54, 1.807) is 6.92 Å². The van der Waals surface area contributed by atoms with Crippen molar-refractivity contribution in [2.45, 2.75) is 32.3 Å². The first-order valence-electron chi connectivity index (χ1n) is 5.27. The molecular formula is C13H17FO. The van der Waals surface area contributed by atoms with Crippen molar-refractivity contribution in [3.8, 4) is 0 Å². The average molecular weight is 208 g/mol. The Morgan fingerprint density at radius 1 is 1.40 bits per heavy atom. The Morgan fingerprint density at radius 3 is 2.67 bits per heavy atom. The summed E-state index contributed by atoms with van der Waals surface area (Å²) < 4.78 is 12.9. The first-order chi connectivity index (χ1) is 7.24. The van der Waals surface area contributed by atoms with Crippen LogP contribution < -0.4 is 0 Å². The molecule has 1 rings (SSSR count). The summed E-state index contributed by atoms with van der Waals surface area (Å²) in [4.78, 5) is 0. The van der Waals surface area contributed by atoms with Gasteiger partial charge in [-0.15, -0.1) is 0 Å². The van der Waals surface area contributed by atoms with Gasteiger partial charge in [0.25, 0.3) is 0 Å². The van der Waals surface area contributed by atoms with E-state index in [2.05, 4.69) is 0 Å². The lowest BCUT2D eigenvalue weighted by Crippen LogP contribution is -2.07. The van der Waals surface area contributed by atoms with Crippen molar-refractivity contribution >= 4 is 0 Å². The highest BCUT2D eigenvalue weighted by Gasteiger charge is 2.08. The minimum Gasteiger partial charge on any atom is -0.386 e. The molecule has 2 heteroatoms. The molecule has 0 bridgehead atoms. The van der Waals surface area contributed by atoms with Crippen LogP contribution in [0.5, 0.6) is 0 Å². The first kappa shape index (κ1) is 11.9. The quantitative estimate of drug-likeness (QED) is 0.787. The maximum absolute atomic E-state index is 12.9. The van der Waals surface area contributed by atoms with E-state index in [9.17, 15) is 9.50 Å². The second kappa shape index (κ2) is 6.36. The predicted octanol–water partition coefficient (Wildman–Crippen LogP) is 3.24.